The van der Waals surface area contributed by atoms with Crippen LogP contribution in [-0.2, 0) is 11.2 Å². The summed E-state index contributed by atoms with van der Waals surface area (Å²) in [6, 6.07) is 6.80. The first kappa shape index (κ1) is 13.7. The first-order valence-corrected chi connectivity index (χ1v) is 5.89. The van der Waals surface area contributed by atoms with Crippen molar-refractivity contribution >= 4 is 5.97 Å². The number of aromatic carboxylic acids is 1. The summed E-state index contributed by atoms with van der Waals surface area (Å²) >= 11 is 0. The maximum Gasteiger partial charge on any atom is 0.0715 e. The van der Waals surface area contributed by atoms with Gasteiger partial charge >= 0.3 is 0 Å². The molecule has 3 heteroatoms. The van der Waals surface area contributed by atoms with E-state index < -0.39 is 5.97 Å². The second-order valence-electron chi connectivity index (χ2n) is 4.70. The minimum atomic E-state index is -1.14. The average molecular weight is 235 g/mol. The lowest BCUT2D eigenvalue weighted by Gasteiger charge is -2.23. The zero-order valence-corrected chi connectivity index (χ0v) is 10.7. The molecule has 1 aromatic rings. The minimum Gasteiger partial charge on any atom is -0.545 e. The summed E-state index contributed by atoms with van der Waals surface area (Å²) in [7, 11) is 0. The van der Waals surface area contributed by atoms with Gasteiger partial charge in [-0.25, -0.2) is 0 Å². The Labute approximate surface area is 102 Å². The van der Waals surface area contributed by atoms with E-state index in [9.17, 15) is 9.90 Å². The van der Waals surface area contributed by atoms with Crippen molar-refractivity contribution in [3.63, 3.8) is 0 Å². The minimum absolute atomic E-state index is 0.119. The molecule has 0 aliphatic rings. The zero-order valence-electron chi connectivity index (χ0n) is 10.7. The highest BCUT2D eigenvalue weighted by atomic mass is 16.5. The number of carbonyl (C=O) groups is 1. The van der Waals surface area contributed by atoms with E-state index in [1.807, 2.05) is 19.9 Å². The molecule has 1 rings (SSSR count). The molecule has 0 atom stereocenters. The Kier molecular flexibility index (Phi) is 4.70. The number of carboxylic acid groups (broad SMARTS) is 1. The SMILES string of the molecule is CCC(C)(C)OCCc1cccc(C(=O)[O-])c1. The number of hydrogen-bond acceptors (Lipinski definition) is 3. The van der Waals surface area contributed by atoms with Crippen LogP contribution in [0, 0.1) is 0 Å². The lowest BCUT2D eigenvalue weighted by Crippen LogP contribution is -2.24. The summed E-state index contributed by atoms with van der Waals surface area (Å²) < 4.78 is 5.72. The van der Waals surface area contributed by atoms with E-state index in [4.69, 9.17) is 4.74 Å². The van der Waals surface area contributed by atoms with Crippen molar-refractivity contribution in [2.75, 3.05) is 6.61 Å². The van der Waals surface area contributed by atoms with Gasteiger partial charge in [-0.15, -0.1) is 0 Å². The van der Waals surface area contributed by atoms with Crippen LogP contribution in [0.1, 0.15) is 43.1 Å². The summed E-state index contributed by atoms with van der Waals surface area (Å²) in [6.45, 7) is 6.77. The van der Waals surface area contributed by atoms with Crippen LogP contribution in [0.15, 0.2) is 24.3 Å². The molecule has 0 radical (unpaired) electrons. The largest absolute Gasteiger partial charge is 0.545 e. The molecule has 0 saturated carbocycles. The van der Waals surface area contributed by atoms with Gasteiger partial charge in [-0.05, 0) is 43.9 Å². The van der Waals surface area contributed by atoms with E-state index in [0.29, 0.717) is 13.0 Å². The Balaban J connectivity index is 2.52. The van der Waals surface area contributed by atoms with Crippen molar-refractivity contribution in [3.8, 4) is 0 Å². The quantitative estimate of drug-likeness (QED) is 0.755. The smallest absolute Gasteiger partial charge is 0.0715 e. The predicted octanol–water partition coefficient (Wildman–Crippen LogP) is 1.80. The second-order valence-corrected chi connectivity index (χ2v) is 4.70. The summed E-state index contributed by atoms with van der Waals surface area (Å²) in [5, 5.41) is 10.7. The average Bonchev–Trinajstić information content (AvgIpc) is 2.29. The van der Waals surface area contributed by atoms with Crippen LogP contribution in [-0.4, -0.2) is 18.2 Å². The summed E-state index contributed by atoms with van der Waals surface area (Å²) in [5.41, 5.74) is 1.06. The molecule has 0 spiro atoms. The fourth-order valence-corrected chi connectivity index (χ4v) is 1.40. The normalized spacial score (nSPS) is 11.5. The van der Waals surface area contributed by atoms with Gasteiger partial charge < -0.3 is 14.6 Å². The second kappa shape index (κ2) is 5.82. The third kappa shape index (κ3) is 4.57. The fraction of sp³-hybridized carbons (Fsp3) is 0.500. The summed E-state index contributed by atoms with van der Waals surface area (Å²) in [6.07, 6.45) is 1.66. The Hall–Kier alpha value is -1.35. The molecule has 0 aliphatic heterocycles. The van der Waals surface area contributed by atoms with Crippen LogP contribution in [0.4, 0.5) is 0 Å². The van der Waals surface area contributed by atoms with Gasteiger partial charge in [-0.3, -0.25) is 0 Å². The van der Waals surface area contributed by atoms with Gasteiger partial charge in [0.25, 0.3) is 0 Å². The molecule has 0 aromatic heterocycles. The molecular weight excluding hydrogens is 216 g/mol. The third-order valence-corrected chi connectivity index (χ3v) is 2.90. The summed E-state index contributed by atoms with van der Waals surface area (Å²) in [4.78, 5) is 10.7. The predicted molar refractivity (Wildman–Crippen MR) is 64.8 cm³/mol. The van der Waals surface area contributed by atoms with Crippen LogP contribution in [0.5, 0.6) is 0 Å². The Morgan fingerprint density at radius 2 is 2.12 bits per heavy atom. The first-order chi connectivity index (χ1) is 7.94. The highest BCUT2D eigenvalue weighted by Gasteiger charge is 2.14. The van der Waals surface area contributed by atoms with Gasteiger partial charge in [0.05, 0.1) is 18.2 Å². The number of ether oxygens (including phenoxy) is 1. The van der Waals surface area contributed by atoms with Gasteiger partial charge in [0.1, 0.15) is 0 Å². The maximum absolute atomic E-state index is 10.7. The van der Waals surface area contributed by atoms with Crippen LogP contribution >= 0.6 is 0 Å². The molecule has 1 aromatic carbocycles. The number of benzene rings is 1. The highest BCUT2D eigenvalue weighted by molar-refractivity contribution is 5.85. The number of carboxylic acids is 1. The molecule has 0 N–H and O–H groups in total. The standard InChI is InChI=1S/C14H20O3/c1-4-14(2,3)17-9-8-11-6-5-7-12(10-11)13(15)16/h5-7,10H,4,8-9H2,1-3H3,(H,15,16)/p-1. The number of carbonyl (C=O) groups excluding carboxylic acids is 1. The van der Waals surface area contributed by atoms with Crippen molar-refractivity contribution in [1.29, 1.82) is 0 Å². The van der Waals surface area contributed by atoms with E-state index in [2.05, 4.69) is 6.92 Å². The highest BCUT2D eigenvalue weighted by Crippen LogP contribution is 2.14. The molecule has 3 nitrogen and oxygen atoms in total. The van der Waals surface area contributed by atoms with Crippen LogP contribution in [0.2, 0.25) is 0 Å². The number of hydrogen-bond donors (Lipinski definition) is 0. The lowest BCUT2D eigenvalue weighted by molar-refractivity contribution is -0.255. The van der Waals surface area contributed by atoms with E-state index in [0.717, 1.165) is 12.0 Å². The molecule has 0 unspecified atom stereocenters. The molecule has 0 saturated heterocycles. The lowest BCUT2D eigenvalue weighted by atomic mass is 10.1. The van der Waals surface area contributed by atoms with E-state index >= 15 is 0 Å². The third-order valence-electron chi connectivity index (χ3n) is 2.90. The van der Waals surface area contributed by atoms with E-state index in [1.54, 1.807) is 12.1 Å². The van der Waals surface area contributed by atoms with Crippen molar-refractivity contribution in [2.24, 2.45) is 0 Å². The molecule has 0 bridgehead atoms. The topological polar surface area (TPSA) is 49.4 Å². The van der Waals surface area contributed by atoms with Gasteiger partial charge in [-0.1, -0.05) is 25.1 Å². The van der Waals surface area contributed by atoms with Crippen molar-refractivity contribution < 1.29 is 14.6 Å². The van der Waals surface area contributed by atoms with Crippen molar-refractivity contribution in [2.45, 2.75) is 39.2 Å². The Bertz CT molecular complexity index is 383. The molecule has 17 heavy (non-hydrogen) atoms. The van der Waals surface area contributed by atoms with Crippen molar-refractivity contribution in [3.05, 3.63) is 35.4 Å². The summed E-state index contributed by atoms with van der Waals surface area (Å²) in [5.74, 6) is -1.14. The molecule has 94 valence electrons. The van der Waals surface area contributed by atoms with Gasteiger partial charge in [0.2, 0.25) is 0 Å². The first-order valence-electron chi connectivity index (χ1n) is 5.89. The molecule has 0 heterocycles. The molecule has 0 fully saturated rings. The van der Waals surface area contributed by atoms with E-state index in [-0.39, 0.29) is 11.2 Å². The maximum atomic E-state index is 10.7. The monoisotopic (exact) mass is 235 g/mol. The van der Waals surface area contributed by atoms with Crippen LogP contribution in [0.25, 0.3) is 0 Å². The number of rotatable bonds is 6. The Morgan fingerprint density at radius 1 is 1.41 bits per heavy atom. The fourth-order valence-electron chi connectivity index (χ4n) is 1.40. The van der Waals surface area contributed by atoms with E-state index in [1.165, 1.54) is 6.07 Å². The van der Waals surface area contributed by atoms with Gasteiger partial charge in [0.15, 0.2) is 0 Å². The molecule has 0 aliphatic carbocycles. The zero-order chi connectivity index (χ0) is 12.9. The van der Waals surface area contributed by atoms with Crippen LogP contribution in [0.3, 0.4) is 0 Å². The van der Waals surface area contributed by atoms with Crippen molar-refractivity contribution in [1.82, 2.24) is 0 Å². The van der Waals surface area contributed by atoms with Gasteiger partial charge in [0, 0.05) is 0 Å². The molecule has 0 amide bonds. The van der Waals surface area contributed by atoms with Gasteiger partial charge in [-0.2, -0.15) is 0 Å². The molecular formula is C14H19O3-. The van der Waals surface area contributed by atoms with Crippen LogP contribution < -0.4 is 5.11 Å². The Morgan fingerprint density at radius 3 is 2.71 bits per heavy atom.